The zero-order valence-electron chi connectivity index (χ0n) is 16.7. The lowest BCUT2D eigenvalue weighted by atomic mass is 10.0. The molecule has 29 heavy (non-hydrogen) atoms. The van der Waals surface area contributed by atoms with Gasteiger partial charge in [-0.3, -0.25) is 9.59 Å². The first kappa shape index (κ1) is 20.5. The number of ketones is 1. The van der Waals surface area contributed by atoms with Crippen molar-refractivity contribution in [2.75, 3.05) is 7.11 Å². The maximum Gasteiger partial charge on any atom is 0.270 e. The molecule has 5 nitrogen and oxygen atoms in total. The van der Waals surface area contributed by atoms with E-state index in [-0.39, 0.29) is 17.8 Å². The molecule has 1 heterocycles. The van der Waals surface area contributed by atoms with Crippen LogP contribution in [0.4, 0.5) is 4.39 Å². The van der Waals surface area contributed by atoms with Gasteiger partial charge in [-0.1, -0.05) is 24.3 Å². The molecule has 3 aromatic rings. The van der Waals surface area contributed by atoms with Crippen molar-refractivity contribution in [3.63, 3.8) is 0 Å². The number of carbonyl (C=O) groups is 1. The molecule has 2 aromatic carbocycles. The number of hydrogen-bond donors (Lipinski definition) is 0. The molecule has 0 amide bonds. The van der Waals surface area contributed by atoms with Gasteiger partial charge in [0.15, 0.2) is 5.78 Å². The zero-order valence-corrected chi connectivity index (χ0v) is 16.7. The second-order valence-corrected chi connectivity index (χ2v) is 7.04. The Bertz CT molecular complexity index is 1090. The van der Waals surface area contributed by atoms with Crippen molar-refractivity contribution >= 4 is 5.78 Å². The van der Waals surface area contributed by atoms with Crippen molar-refractivity contribution in [3.05, 3.63) is 93.2 Å². The Balaban J connectivity index is 1.87. The van der Waals surface area contributed by atoms with E-state index in [1.165, 1.54) is 16.8 Å². The second kappa shape index (κ2) is 8.82. The summed E-state index contributed by atoms with van der Waals surface area (Å²) < 4.78 is 19.9. The summed E-state index contributed by atoms with van der Waals surface area (Å²) >= 11 is 0. The Labute approximate surface area is 168 Å². The quantitative estimate of drug-likeness (QED) is 0.614. The van der Waals surface area contributed by atoms with Crippen LogP contribution in [-0.4, -0.2) is 22.7 Å². The van der Waals surface area contributed by atoms with E-state index in [1.807, 2.05) is 24.3 Å². The fraction of sp³-hybridized carbons (Fsp3) is 0.261. The molecule has 0 radical (unpaired) electrons. The third-order valence-corrected chi connectivity index (χ3v) is 4.76. The van der Waals surface area contributed by atoms with Crippen LogP contribution in [0.15, 0.2) is 59.4 Å². The minimum atomic E-state index is -0.755. The minimum absolute atomic E-state index is 0.0339. The number of carbonyl (C=O) groups excluding carboxylic acids is 1. The zero-order chi connectivity index (χ0) is 21.0. The highest BCUT2D eigenvalue weighted by Crippen LogP contribution is 2.16. The number of aryl methyl sites for hydroxylation is 1. The Morgan fingerprint density at radius 2 is 1.86 bits per heavy atom. The summed E-state index contributed by atoms with van der Waals surface area (Å²) in [6, 6.07) is 14.4. The average Bonchev–Trinajstić information content (AvgIpc) is 2.70. The summed E-state index contributed by atoms with van der Waals surface area (Å²) in [6.45, 7) is 3.43. The van der Waals surface area contributed by atoms with Crippen molar-refractivity contribution in [1.29, 1.82) is 0 Å². The van der Waals surface area contributed by atoms with Gasteiger partial charge in [-0.2, -0.15) is 5.10 Å². The molecule has 0 saturated carbocycles. The van der Waals surface area contributed by atoms with E-state index in [1.54, 1.807) is 39.2 Å². The molecule has 6 heteroatoms. The Morgan fingerprint density at radius 3 is 2.59 bits per heavy atom. The van der Waals surface area contributed by atoms with Crippen molar-refractivity contribution in [1.82, 2.24) is 9.78 Å². The monoisotopic (exact) mass is 394 g/mol. The van der Waals surface area contributed by atoms with Gasteiger partial charge >= 0.3 is 0 Å². The first-order valence-corrected chi connectivity index (χ1v) is 9.37. The lowest BCUT2D eigenvalue weighted by Gasteiger charge is -2.15. The number of aromatic nitrogens is 2. The summed E-state index contributed by atoms with van der Waals surface area (Å²) in [6.07, 6.45) is 0.441. The first-order chi connectivity index (χ1) is 13.9. The van der Waals surface area contributed by atoms with Gasteiger partial charge in [0, 0.05) is 18.4 Å². The summed E-state index contributed by atoms with van der Waals surface area (Å²) in [5, 5.41) is 4.27. The number of ether oxygens (including phenoxy) is 1. The predicted molar refractivity (Wildman–Crippen MR) is 109 cm³/mol. The molecule has 3 rings (SSSR count). The number of rotatable bonds is 7. The maximum atomic E-state index is 13.4. The van der Waals surface area contributed by atoms with Crippen LogP contribution in [0.3, 0.4) is 0 Å². The molecular weight excluding hydrogens is 371 g/mol. The molecule has 1 unspecified atom stereocenters. The van der Waals surface area contributed by atoms with Gasteiger partial charge in [0.05, 0.1) is 12.8 Å². The van der Waals surface area contributed by atoms with Gasteiger partial charge in [-0.05, 0) is 55.3 Å². The Hall–Kier alpha value is -3.28. The third-order valence-electron chi connectivity index (χ3n) is 4.76. The van der Waals surface area contributed by atoms with E-state index in [9.17, 15) is 14.0 Å². The fourth-order valence-electron chi connectivity index (χ4n) is 3.23. The third kappa shape index (κ3) is 4.96. The fourth-order valence-corrected chi connectivity index (χ4v) is 3.23. The summed E-state index contributed by atoms with van der Waals surface area (Å²) in [5.41, 5.74) is 2.39. The molecule has 0 aliphatic heterocycles. The minimum Gasteiger partial charge on any atom is -0.497 e. The largest absolute Gasteiger partial charge is 0.497 e. The van der Waals surface area contributed by atoms with Crippen LogP contribution in [0.5, 0.6) is 5.75 Å². The molecule has 0 aliphatic rings. The van der Waals surface area contributed by atoms with E-state index in [0.717, 1.165) is 5.56 Å². The predicted octanol–water partition coefficient (Wildman–Crippen LogP) is 3.66. The molecule has 0 bridgehead atoms. The number of Topliss-reactive ketones (excluding diaryl/α,β-unsaturated/α-hetero) is 1. The van der Waals surface area contributed by atoms with Crippen molar-refractivity contribution in [2.45, 2.75) is 32.7 Å². The van der Waals surface area contributed by atoms with Gasteiger partial charge < -0.3 is 4.74 Å². The number of nitrogens with zero attached hydrogens (tertiary/aromatic N) is 2. The molecule has 150 valence electrons. The van der Waals surface area contributed by atoms with Gasteiger partial charge in [0.2, 0.25) is 0 Å². The lowest BCUT2D eigenvalue weighted by molar-refractivity contribution is -0.121. The van der Waals surface area contributed by atoms with E-state index in [2.05, 4.69) is 5.10 Å². The lowest BCUT2D eigenvalue weighted by Crippen LogP contribution is -2.33. The van der Waals surface area contributed by atoms with Crippen LogP contribution >= 0.6 is 0 Å². The Morgan fingerprint density at radius 1 is 1.14 bits per heavy atom. The molecule has 0 aliphatic carbocycles. The summed E-state index contributed by atoms with van der Waals surface area (Å²) in [4.78, 5) is 25.7. The average molecular weight is 394 g/mol. The number of benzene rings is 2. The molecule has 1 aromatic heterocycles. The molecule has 0 N–H and O–H groups in total. The van der Waals surface area contributed by atoms with E-state index in [4.69, 9.17) is 4.74 Å². The van der Waals surface area contributed by atoms with Crippen molar-refractivity contribution in [3.8, 4) is 5.75 Å². The number of methoxy groups -OCH3 is 1. The van der Waals surface area contributed by atoms with E-state index < -0.39 is 11.9 Å². The SMILES string of the molecule is COc1cccc(Cc2cc(C)nn(C(C)C(=O)Cc3cccc(F)c3)c2=O)c1. The Kier molecular flexibility index (Phi) is 6.22. The maximum absolute atomic E-state index is 13.4. The molecule has 0 fully saturated rings. The standard InChI is InChI=1S/C23H23FN2O3/c1-15-10-19(11-17-7-5-9-21(13-17)29-3)23(28)26(25-15)16(2)22(27)14-18-6-4-8-20(24)12-18/h4-10,12-13,16H,11,14H2,1-3H3. The molecule has 1 atom stereocenters. The van der Waals surface area contributed by atoms with Crippen LogP contribution in [0.2, 0.25) is 0 Å². The highest BCUT2D eigenvalue weighted by molar-refractivity contribution is 5.84. The van der Waals surface area contributed by atoms with Gasteiger partial charge in [0.1, 0.15) is 17.6 Å². The van der Waals surface area contributed by atoms with Crippen LogP contribution in [-0.2, 0) is 17.6 Å². The van der Waals surface area contributed by atoms with Gasteiger partial charge in [0.25, 0.3) is 5.56 Å². The molecule has 0 saturated heterocycles. The van der Waals surface area contributed by atoms with Crippen LogP contribution in [0.1, 0.15) is 35.3 Å². The number of hydrogen-bond acceptors (Lipinski definition) is 4. The van der Waals surface area contributed by atoms with Crippen molar-refractivity contribution in [2.24, 2.45) is 0 Å². The van der Waals surface area contributed by atoms with Crippen LogP contribution < -0.4 is 10.3 Å². The van der Waals surface area contributed by atoms with Crippen LogP contribution in [0, 0.1) is 12.7 Å². The van der Waals surface area contributed by atoms with E-state index in [0.29, 0.717) is 29.0 Å². The molecule has 0 spiro atoms. The van der Waals surface area contributed by atoms with Crippen molar-refractivity contribution < 1.29 is 13.9 Å². The topological polar surface area (TPSA) is 61.2 Å². The summed E-state index contributed by atoms with van der Waals surface area (Å²) in [7, 11) is 1.59. The van der Waals surface area contributed by atoms with E-state index >= 15 is 0 Å². The van der Waals surface area contributed by atoms with Gasteiger partial charge in [-0.25, -0.2) is 9.07 Å². The molecular formula is C23H23FN2O3. The second-order valence-electron chi connectivity index (χ2n) is 7.04. The van der Waals surface area contributed by atoms with Crippen LogP contribution in [0.25, 0.3) is 0 Å². The number of halogens is 1. The summed E-state index contributed by atoms with van der Waals surface area (Å²) in [5.74, 6) is 0.116. The normalized spacial score (nSPS) is 11.9. The highest BCUT2D eigenvalue weighted by Gasteiger charge is 2.20. The highest BCUT2D eigenvalue weighted by atomic mass is 19.1. The first-order valence-electron chi connectivity index (χ1n) is 9.37. The smallest absolute Gasteiger partial charge is 0.270 e. The van der Waals surface area contributed by atoms with Gasteiger partial charge in [-0.15, -0.1) is 0 Å².